The van der Waals surface area contributed by atoms with Gasteiger partial charge in [0, 0.05) is 20.1 Å². The van der Waals surface area contributed by atoms with E-state index in [0.717, 1.165) is 44.5 Å². The molecule has 0 N–H and O–H groups in total. The first-order valence-electron chi connectivity index (χ1n) is 10.3. The third kappa shape index (κ3) is 4.22. The largest absolute Gasteiger partial charge is 0.497 e. The van der Waals surface area contributed by atoms with Crippen molar-refractivity contribution in [2.45, 2.75) is 32.2 Å². The number of carbonyl (C=O) groups is 1. The summed E-state index contributed by atoms with van der Waals surface area (Å²) in [5.74, 6) is 1.46. The number of piperidine rings is 1. The molecule has 0 atom stereocenters. The predicted molar refractivity (Wildman–Crippen MR) is 113 cm³/mol. The van der Waals surface area contributed by atoms with E-state index in [-0.39, 0.29) is 18.0 Å². The Kier molecular flexibility index (Phi) is 5.83. The van der Waals surface area contributed by atoms with Crippen LogP contribution in [0.25, 0.3) is 11.0 Å². The summed E-state index contributed by atoms with van der Waals surface area (Å²) in [6, 6.07) is 8.22. The van der Waals surface area contributed by atoms with Gasteiger partial charge in [-0.2, -0.15) is 5.10 Å². The van der Waals surface area contributed by atoms with E-state index >= 15 is 0 Å². The molecule has 0 saturated carbocycles. The number of fused-ring (bicyclic) bond motifs is 1. The molecule has 3 heterocycles. The molecule has 0 radical (unpaired) electrons. The molecule has 1 aliphatic heterocycles. The number of nitrogens with zero attached hydrogens (tertiary/aromatic N) is 5. The number of aromatic nitrogens is 4. The van der Waals surface area contributed by atoms with E-state index in [2.05, 4.69) is 22.2 Å². The topological polar surface area (TPSA) is 82.2 Å². The summed E-state index contributed by atoms with van der Waals surface area (Å²) >= 11 is 0. The van der Waals surface area contributed by atoms with E-state index in [0.29, 0.717) is 17.0 Å². The average Bonchev–Trinajstić information content (AvgIpc) is 3.16. The van der Waals surface area contributed by atoms with Crippen LogP contribution >= 0.6 is 0 Å². The second-order valence-corrected chi connectivity index (χ2v) is 7.89. The molecule has 0 spiro atoms. The van der Waals surface area contributed by atoms with Gasteiger partial charge in [0.25, 0.3) is 5.56 Å². The highest BCUT2D eigenvalue weighted by Crippen LogP contribution is 2.23. The van der Waals surface area contributed by atoms with Crippen LogP contribution in [-0.2, 0) is 24.8 Å². The summed E-state index contributed by atoms with van der Waals surface area (Å²) in [5, 5.41) is 4.50. The van der Waals surface area contributed by atoms with Gasteiger partial charge in [-0.05, 0) is 49.3 Å². The van der Waals surface area contributed by atoms with E-state index in [4.69, 9.17) is 4.74 Å². The molecule has 2 aromatic heterocycles. The van der Waals surface area contributed by atoms with Gasteiger partial charge in [0.15, 0.2) is 5.65 Å². The minimum Gasteiger partial charge on any atom is -0.497 e. The first-order chi connectivity index (χ1) is 14.5. The number of hydrogen-bond donors (Lipinski definition) is 0. The van der Waals surface area contributed by atoms with Gasteiger partial charge in [0.2, 0.25) is 5.91 Å². The summed E-state index contributed by atoms with van der Waals surface area (Å²) < 4.78 is 8.14. The molecule has 8 nitrogen and oxygen atoms in total. The van der Waals surface area contributed by atoms with Gasteiger partial charge in [-0.1, -0.05) is 12.1 Å². The standard InChI is InChI=1S/C22H27N5O3/c1-25-21-19(13-24-25)22(29)27(15-23-21)14-20(28)26-11-9-17(10-12-26)4-3-16-5-7-18(30-2)8-6-16/h5-8,13,15,17H,3-4,9-12,14H2,1-2H3. The van der Waals surface area contributed by atoms with Crippen LogP contribution in [0, 0.1) is 5.92 Å². The van der Waals surface area contributed by atoms with Gasteiger partial charge in [-0.15, -0.1) is 0 Å². The number of aryl methyl sites for hydroxylation is 2. The lowest BCUT2D eigenvalue weighted by molar-refractivity contribution is -0.133. The molecular formula is C22H27N5O3. The Labute approximate surface area is 175 Å². The Balaban J connectivity index is 1.29. The fourth-order valence-corrected chi connectivity index (χ4v) is 4.06. The zero-order chi connectivity index (χ0) is 21.1. The number of likely N-dealkylation sites (tertiary alicyclic amines) is 1. The number of amides is 1. The summed E-state index contributed by atoms with van der Waals surface area (Å²) in [6.07, 6.45) is 7.09. The first kappa shape index (κ1) is 20.1. The first-order valence-corrected chi connectivity index (χ1v) is 10.3. The molecule has 0 bridgehead atoms. The fourth-order valence-electron chi connectivity index (χ4n) is 4.06. The summed E-state index contributed by atoms with van der Waals surface area (Å²) in [7, 11) is 3.41. The molecule has 3 aromatic rings. The number of hydrogen-bond acceptors (Lipinski definition) is 5. The van der Waals surface area contributed by atoms with Crippen molar-refractivity contribution >= 4 is 16.9 Å². The Morgan fingerprint density at radius 2 is 1.93 bits per heavy atom. The number of rotatable bonds is 6. The quantitative estimate of drug-likeness (QED) is 0.622. The van der Waals surface area contributed by atoms with E-state index < -0.39 is 0 Å². The minimum absolute atomic E-state index is 0.0210. The van der Waals surface area contributed by atoms with Crippen LogP contribution in [0.2, 0.25) is 0 Å². The molecule has 1 saturated heterocycles. The van der Waals surface area contributed by atoms with E-state index in [9.17, 15) is 9.59 Å². The Morgan fingerprint density at radius 3 is 2.63 bits per heavy atom. The molecule has 30 heavy (non-hydrogen) atoms. The van der Waals surface area contributed by atoms with E-state index in [1.54, 1.807) is 18.8 Å². The van der Waals surface area contributed by atoms with Crippen molar-refractivity contribution in [3.63, 3.8) is 0 Å². The summed E-state index contributed by atoms with van der Waals surface area (Å²) in [5.41, 5.74) is 1.61. The van der Waals surface area contributed by atoms with Crippen LogP contribution in [0.3, 0.4) is 0 Å². The second kappa shape index (κ2) is 8.69. The van der Waals surface area contributed by atoms with Gasteiger partial charge in [0.05, 0.1) is 13.3 Å². The van der Waals surface area contributed by atoms with Crippen molar-refractivity contribution in [1.82, 2.24) is 24.2 Å². The number of benzene rings is 1. The van der Waals surface area contributed by atoms with Gasteiger partial charge in [-0.25, -0.2) is 4.98 Å². The highest BCUT2D eigenvalue weighted by molar-refractivity contribution is 5.77. The van der Waals surface area contributed by atoms with Crippen molar-refractivity contribution in [1.29, 1.82) is 0 Å². The lowest BCUT2D eigenvalue weighted by atomic mass is 9.90. The van der Waals surface area contributed by atoms with E-state index in [1.165, 1.54) is 22.7 Å². The number of ether oxygens (including phenoxy) is 1. The number of methoxy groups -OCH3 is 1. The molecule has 4 rings (SSSR count). The summed E-state index contributed by atoms with van der Waals surface area (Å²) in [6.45, 7) is 1.50. The van der Waals surface area contributed by atoms with Gasteiger partial charge >= 0.3 is 0 Å². The highest BCUT2D eigenvalue weighted by Gasteiger charge is 2.23. The van der Waals surface area contributed by atoms with Crippen LogP contribution in [-0.4, -0.2) is 50.3 Å². The monoisotopic (exact) mass is 409 g/mol. The maximum Gasteiger partial charge on any atom is 0.264 e. The zero-order valence-corrected chi connectivity index (χ0v) is 17.5. The Bertz CT molecular complexity index is 1080. The molecule has 8 heteroatoms. The fraction of sp³-hybridized carbons (Fsp3) is 0.455. The maximum absolute atomic E-state index is 12.7. The van der Waals surface area contributed by atoms with Crippen LogP contribution in [0.5, 0.6) is 5.75 Å². The molecular weight excluding hydrogens is 382 g/mol. The number of carbonyl (C=O) groups excluding carboxylic acids is 1. The van der Waals surface area contributed by atoms with E-state index in [1.807, 2.05) is 17.0 Å². The predicted octanol–water partition coefficient (Wildman–Crippen LogP) is 2.01. The van der Waals surface area contributed by atoms with Crippen molar-refractivity contribution in [2.24, 2.45) is 13.0 Å². The molecule has 1 fully saturated rings. The molecule has 1 aromatic carbocycles. The smallest absolute Gasteiger partial charge is 0.264 e. The Hall–Kier alpha value is -3.16. The maximum atomic E-state index is 12.7. The zero-order valence-electron chi connectivity index (χ0n) is 17.5. The third-order valence-corrected chi connectivity index (χ3v) is 5.99. The Morgan fingerprint density at radius 1 is 1.20 bits per heavy atom. The summed E-state index contributed by atoms with van der Waals surface area (Å²) in [4.78, 5) is 31.4. The van der Waals surface area contributed by atoms with Crippen molar-refractivity contribution in [3.05, 3.63) is 52.7 Å². The third-order valence-electron chi connectivity index (χ3n) is 5.99. The van der Waals surface area contributed by atoms with Crippen molar-refractivity contribution < 1.29 is 9.53 Å². The van der Waals surface area contributed by atoms with Crippen LogP contribution in [0.1, 0.15) is 24.8 Å². The van der Waals surface area contributed by atoms with Gasteiger partial charge in [0.1, 0.15) is 24.0 Å². The average molecular weight is 409 g/mol. The van der Waals surface area contributed by atoms with Crippen LogP contribution in [0.15, 0.2) is 41.6 Å². The molecule has 0 unspecified atom stereocenters. The lowest BCUT2D eigenvalue weighted by Crippen LogP contribution is -2.41. The van der Waals surface area contributed by atoms with Gasteiger partial charge in [-0.3, -0.25) is 18.8 Å². The normalized spacial score (nSPS) is 14.9. The molecule has 1 aliphatic rings. The minimum atomic E-state index is -0.226. The molecule has 1 amide bonds. The van der Waals surface area contributed by atoms with Crippen molar-refractivity contribution in [2.75, 3.05) is 20.2 Å². The lowest BCUT2D eigenvalue weighted by Gasteiger charge is -2.32. The molecule has 158 valence electrons. The highest BCUT2D eigenvalue weighted by atomic mass is 16.5. The van der Waals surface area contributed by atoms with Crippen molar-refractivity contribution in [3.8, 4) is 5.75 Å². The molecule has 0 aliphatic carbocycles. The second-order valence-electron chi connectivity index (χ2n) is 7.89. The van der Waals surface area contributed by atoms with Crippen LogP contribution < -0.4 is 10.3 Å². The SMILES string of the molecule is COc1ccc(CCC2CCN(C(=O)Cn3cnc4c(cnn4C)c3=O)CC2)cc1. The van der Waals surface area contributed by atoms with Gasteiger partial charge < -0.3 is 9.64 Å². The van der Waals surface area contributed by atoms with Crippen LogP contribution in [0.4, 0.5) is 0 Å².